The zero-order valence-electron chi connectivity index (χ0n) is 14.3. The average Bonchev–Trinajstić information content (AvgIpc) is 2.83. The Hall–Kier alpha value is -1.19. The van der Waals surface area contributed by atoms with Gasteiger partial charge in [-0.05, 0) is 36.6 Å². The van der Waals surface area contributed by atoms with Gasteiger partial charge in [-0.2, -0.15) is 0 Å². The lowest BCUT2D eigenvalue weighted by molar-refractivity contribution is 0.0828. The number of hydrogen-bond donors (Lipinski definition) is 1. The van der Waals surface area contributed by atoms with Gasteiger partial charge >= 0.3 is 0 Å². The summed E-state index contributed by atoms with van der Waals surface area (Å²) in [6, 6.07) is 8.66. The minimum absolute atomic E-state index is 0.120. The molecule has 1 saturated carbocycles. The molecule has 0 bridgehead atoms. The highest BCUT2D eigenvalue weighted by Gasteiger charge is 2.41. The van der Waals surface area contributed by atoms with E-state index in [2.05, 4.69) is 55.8 Å². The van der Waals surface area contributed by atoms with Gasteiger partial charge in [0.05, 0.1) is 12.1 Å². The number of fused-ring (bicyclic) bond motifs is 1. The Kier molecular flexibility index (Phi) is 4.88. The van der Waals surface area contributed by atoms with Gasteiger partial charge in [-0.25, -0.2) is 0 Å². The Morgan fingerprint density at radius 3 is 2.74 bits per heavy atom. The topological polar surface area (TPSA) is 25.2 Å². The maximum absolute atomic E-state index is 10.9. The van der Waals surface area contributed by atoms with Gasteiger partial charge in [0.15, 0.2) is 0 Å². The summed E-state index contributed by atoms with van der Waals surface area (Å²) in [4.78, 5) is 0. The predicted molar refractivity (Wildman–Crippen MR) is 99.3 cm³/mol. The van der Waals surface area contributed by atoms with Gasteiger partial charge in [-0.15, -0.1) is 0 Å². The van der Waals surface area contributed by atoms with Crippen molar-refractivity contribution in [3.05, 3.63) is 40.7 Å². The molecule has 1 aliphatic carbocycles. The molecule has 4 unspecified atom stereocenters. The summed E-state index contributed by atoms with van der Waals surface area (Å²) in [6.07, 6.45) is 6.27. The Bertz CT molecular complexity index is 751. The van der Waals surface area contributed by atoms with Gasteiger partial charge in [0.25, 0.3) is 0 Å². The van der Waals surface area contributed by atoms with Gasteiger partial charge < -0.3 is 9.67 Å². The maximum atomic E-state index is 10.9. The van der Waals surface area contributed by atoms with Crippen LogP contribution < -0.4 is 0 Å². The summed E-state index contributed by atoms with van der Waals surface area (Å²) in [6.45, 7) is 6.53. The first-order valence-electron chi connectivity index (χ1n) is 8.86. The van der Waals surface area contributed by atoms with Crippen molar-refractivity contribution in [2.75, 3.05) is 0 Å². The predicted octanol–water partition coefficient (Wildman–Crippen LogP) is 5.43. The number of pyridine rings is 1. The Morgan fingerprint density at radius 1 is 1.26 bits per heavy atom. The zero-order valence-corrected chi connectivity index (χ0v) is 15.1. The molecule has 124 valence electrons. The fourth-order valence-corrected chi connectivity index (χ4v) is 4.77. The molecule has 1 aromatic carbocycles. The summed E-state index contributed by atoms with van der Waals surface area (Å²) >= 11 is 5.76. The monoisotopic (exact) mass is 329 g/mol. The van der Waals surface area contributed by atoms with E-state index in [-0.39, 0.29) is 12.1 Å². The lowest BCUT2D eigenvalue weighted by Gasteiger charge is -2.23. The standard InChI is InChI=1S/C20H27NOS/c1-4-6-14-12-18(19(22)16(14)5-2)21-10-9-15-11-13(3)7-8-17(15)20(21)23/h7-11,14,16,18-19,22H,4-6,12H2,1-3H3. The minimum Gasteiger partial charge on any atom is -0.391 e. The Balaban J connectivity index is 2.01. The molecular formula is C20H27NOS. The molecule has 3 heteroatoms. The number of aryl methyl sites for hydroxylation is 1. The second-order valence-corrected chi connectivity index (χ2v) is 7.42. The van der Waals surface area contributed by atoms with Crippen LogP contribution in [0, 0.1) is 23.4 Å². The van der Waals surface area contributed by atoms with Gasteiger partial charge in [0, 0.05) is 11.6 Å². The highest BCUT2D eigenvalue weighted by atomic mass is 32.1. The molecular weight excluding hydrogens is 302 g/mol. The molecule has 0 amide bonds. The van der Waals surface area contributed by atoms with Crippen molar-refractivity contribution in [3.8, 4) is 0 Å². The second kappa shape index (κ2) is 6.74. The van der Waals surface area contributed by atoms with Crippen LogP contribution in [-0.2, 0) is 0 Å². The SMILES string of the molecule is CCCC1CC(n2ccc3cc(C)ccc3c2=S)C(O)C1CC. The van der Waals surface area contributed by atoms with E-state index in [4.69, 9.17) is 12.2 Å². The van der Waals surface area contributed by atoms with Crippen LogP contribution in [0.2, 0.25) is 0 Å². The van der Waals surface area contributed by atoms with Crippen LogP contribution in [0.15, 0.2) is 30.5 Å². The molecule has 1 aromatic heterocycles. The van der Waals surface area contributed by atoms with Crippen molar-refractivity contribution < 1.29 is 5.11 Å². The van der Waals surface area contributed by atoms with Gasteiger partial charge in [0.1, 0.15) is 4.64 Å². The molecule has 23 heavy (non-hydrogen) atoms. The molecule has 1 heterocycles. The summed E-state index contributed by atoms with van der Waals surface area (Å²) in [5.74, 6) is 1.01. The highest BCUT2D eigenvalue weighted by molar-refractivity contribution is 7.71. The lowest BCUT2D eigenvalue weighted by atomic mass is 9.89. The van der Waals surface area contributed by atoms with Crippen LogP contribution in [-0.4, -0.2) is 15.8 Å². The quantitative estimate of drug-likeness (QED) is 0.757. The van der Waals surface area contributed by atoms with Crippen LogP contribution in [0.4, 0.5) is 0 Å². The van der Waals surface area contributed by atoms with E-state index in [0.29, 0.717) is 11.8 Å². The molecule has 1 aliphatic rings. The van der Waals surface area contributed by atoms with Crippen molar-refractivity contribution >= 4 is 23.0 Å². The smallest absolute Gasteiger partial charge is 0.114 e. The van der Waals surface area contributed by atoms with Crippen LogP contribution in [0.3, 0.4) is 0 Å². The fourth-order valence-electron chi connectivity index (χ4n) is 4.39. The Morgan fingerprint density at radius 2 is 2.04 bits per heavy atom. The Labute approximate surface area is 144 Å². The fraction of sp³-hybridized carbons (Fsp3) is 0.550. The van der Waals surface area contributed by atoms with Crippen molar-refractivity contribution in [2.45, 2.75) is 58.6 Å². The van der Waals surface area contributed by atoms with Crippen molar-refractivity contribution in [1.82, 2.24) is 4.57 Å². The normalized spacial score (nSPS) is 27.7. The average molecular weight is 330 g/mol. The molecule has 0 aliphatic heterocycles. The number of aromatic nitrogens is 1. The van der Waals surface area contributed by atoms with Gasteiger partial charge in [0.2, 0.25) is 0 Å². The summed E-state index contributed by atoms with van der Waals surface area (Å²) in [5, 5.41) is 13.2. The number of aliphatic hydroxyl groups excluding tert-OH is 1. The van der Waals surface area contributed by atoms with Crippen molar-refractivity contribution in [2.24, 2.45) is 11.8 Å². The number of hydrogen-bond acceptors (Lipinski definition) is 2. The minimum atomic E-state index is -0.286. The third-order valence-corrected chi connectivity index (χ3v) is 5.99. The first-order valence-corrected chi connectivity index (χ1v) is 9.27. The number of benzene rings is 1. The first-order chi connectivity index (χ1) is 11.1. The van der Waals surface area contributed by atoms with E-state index in [9.17, 15) is 5.11 Å². The molecule has 0 radical (unpaired) electrons. The molecule has 0 spiro atoms. The first kappa shape index (κ1) is 16.7. The molecule has 3 rings (SSSR count). The molecule has 2 aromatic rings. The van der Waals surface area contributed by atoms with E-state index >= 15 is 0 Å². The molecule has 4 atom stereocenters. The van der Waals surface area contributed by atoms with Crippen LogP contribution in [0.25, 0.3) is 10.8 Å². The van der Waals surface area contributed by atoms with Gasteiger partial charge in [-0.3, -0.25) is 0 Å². The maximum Gasteiger partial charge on any atom is 0.114 e. The third kappa shape index (κ3) is 2.97. The molecule has 1 N–H and O–H groups in total. The van der Waals surface area contributed by atoms with Crippen LogP contribution in [0.1, 0.15) is 51.1 Å². The highest BCUT2D eigenvalue weighted by Crippen LogP contribution is 2.44. The molecule has 0 saturated heterocycles. The van der Waals surface area contributed by atoms with Crippen LogP contribution >= 0.6 is 12.2 Å². The van der Waals surface area contributed by atoms with E-state index < -0.39 is 0 Å². The number of nitrogens with zero attached hydrogens (tertiary/aromatic N) is 1. The third-order valence-electron chi connectivity index (χ3n) is 5.56. The lowest BCUT2D eigenvalue weighted by Crippen LogP contribution is -2.25. The van der Waals surface area contributed by atoms with E-state index in [1.807, 2.05) is 0 Å². The second-order valence-electron chi connectivity index (χ2n) is 7.03. The summed E-state index contributed by atoms with van der Waals surface area (Å²) in [5.41, 5.74) is 1.25. The summed E-state index contributed by atoms with van der Waals surface area (Å²) < 4.78 is 3.01. The number of aliphatic hydroxyl groups is 1. The van der Waals surface area contributed by atoms with Gasteiger partial charge in [-0.1, -0.05) is 69.1 Å². The summed E-state index contributed by atoms with van der Waals surface area (Å²) in [7, 11) is 0. The zero-order chi connectivity index (χ0) is 16.6. The van der Waals surface area contributed by atoms with E-state index in [1.165, 1.54) is 23.8 Å². The van der Waals surface area contributed by atoms with Crippen molar-refractivity contribution in [3.63, 3.8) is 0 Å². The van der Waals surface area contributed by atoms with E-state index in [0.717, 1.165) is 22.9 Å². The number of rotatable bonds is 4. The van der Waals surface area contributed by atoms with E-state index in [1.54, 1.807) is 0 Å². The molecule has 2 nitrogen and oxygen atoms in total. The largest absolute Gasteiger partial charge is 0.391 e. The molecule has 1 fully saturated rings. The van der Waals surface area contributed by atoms with Crippen molar-refractivity contribution in [1.29, 1.82) is 0 Å². The van der Waals surface area contributed by atoms with Crippen LogP contribution in [0.5, 0.6) is 0 Å².